The van der Waals surface area contributed by atoms with Crippen LogP contribution in [0.2, 0.25) is 0 Å². The average Bonchev–Trinajstić information content (AvgIpc) is 2.99. The van der Waals surface area contributed by atoms with Crippen LogP contribution in [0, 0.1) is 5.41 Å². The van der Waals surface area contributed by atoms with E-state index in [4.69, 9.17) is 5.11 Å². The number of nitrogens with zero attached hydrogens (tertiary/aromatic N) is 1. The van der Waals surface area contributed by atoms with Crippen molar-refractivity contribution in [2.24, 2.45) is 5.41 Å². The molecule has 3 rings (SSSR count). The number of nitrogens with one attached hydrogen (secondary N) is 1. The van der Waals surface area contributed by atoms with Crippen LogP contribution in [-0.2, 0) is 0 Å². The summed E-state index contributed by atoms with van der Waals surface area (Å²) in [4.78, 5) is 14.3. The van der Waals surface area contributed by atoms with Crippen LogP contribution in [0.25, 0.3) is 0 Å². The summed E-state index contributed by atoms with van der Waals surface area (Å²) in [5, 5.41) is 12.2. The van der Waals surface area contributed by atoms with Crippen LogP contribution < -0.4 is 5.32 Å². The molecule has 2 N–H and O–H groups in total. The summed E-state index contributed by atoms with van der Waals surface area (Å²) in [5.74, 6) is 0.556. The highest BCUT2D eigenvalue weighted by atomic mass is 16.3. The lowest BCUT2D eigenvalue weighted by Crippen LogP contribution is -2.44. The van der Waals surface area contributed by atoms with Gasteiger partial charge in [-0.1, -0.05) is 37.3 Å². The van der Waals surface area contributed by atoms with E-state index >= 15 is 0 Å². The lowest BCUT2D eigenvalue weighted by molar-refractivity contribution is 0.176. The van der Waals surface area contributed by atoms with Gasteiger partial charge in [-0.15, -0.1) is 0 Å². The van der Waals surface area contributed by atoms with Crippen molar-refractivity contribution < 1.29 is 9.90 Å². The van der Waals surface area contributed by atoms with Gasteiger partial charge in [0.1, 0.15) is 0 Å². The number of likely N-dealkylation sites (tertiary alicyclic amines) is 1. The predicted octanol–water partition coefficient (Wildman–Crippen LogP) is 2.74. The van der Waals surface area contributed by atoms with E-state index in [1.807, 2.05) is 11.0 Å². The first-order valence-electron chi connectivity index (χ1n) is 8.34. The predicted molar refractivity (Wildman–Crippen MR) is 86.7 cm³/mol. The van der Waals surface area contributed by atoms with Crippen molar-refractivity contribution in [2.75, 3.05) is 19.7 Å². The molecule has 2 amide bonds. The minimum atomic E-state index is 0.0379. The zero-order valence-corrected chi connectivity index (χ0v) is 13.3. The van der Waals surface area contributed by atoms with E-state index in [0.29, 0.717) is 12.3 Å². The minimum absolute atomic E-state index is 0.0379. The van der Waals surface area contributed by atoms with Crippen LogP contribution in [0.5, 0.6) is 0 Å². The summed E-state index contributed by atoms with van der Waals surface area (Å²) in [7, 11) is 0. The van der Waals surface area contributed by atoms with Gasteiger partial charge in [0, 0.05) is 25.7 Å². The number of rotatable bonds is 5. The van der Waals surface area contributed by atoms with Crippen molar-refractivity contribution in [1.82, 2.24) is 10.2 Å². The Morgan fingerprint density at radius 1 is 1.41 bits per heavy atom. The average molecular weight is 302 g/mol. The maximum absolute atomic E-state index is 12.4. The van der Waals surface area contributed by atoms with Crippen LogP contribution in [0.1, 0.15) is 44.1 Å². The zero-order chi connectivity index (χ0) is 15.6. The molecule has 1 aliphatic heterocycles. The number of carbonyl (C=O) groups is 1. The number of aliphatic hydroxyl groups is 1. The standard InChI is InChI=1S/C18H26N2O2/c1-18(12-16(18)14-6-3-2-4-7-14)13-19-17(22)20-10-5-8-15(20)9-11-21/h2-4,6-7,15-16,21H,5,8-13H2,1H3,(H,19,22)/t15?,16-,18-/m0/s1. The Morgan fingerprint density at radius 3 is 2.91 bits per heavy atom. The number of urea groups is 1. The van der Waals surface area contributed by atoms with Gasteiger partial charge >= 0.3 is 6.03 Å². The van der Waals surface area contributed by atoms with Gasteiger partial charge in [0.15, 0.2) is 0 Å². The molecular weight excluding hydrogens is 276 g/mol. The number of amides is 2. The smallest absolute Gasteiger partial charge is 0.317 e. The molecule has 1 unspecified atom stereocenters. The monoisotopic (exact) mass is 302 g/mol. The lowest BCUT2D eigenvalue weighted by Gasteiger charge is -2.25. The Bertz CT molecular complexity index is 519. The fourth-order valence-corrected chi connectivity index (χ4v) is 3.74. The minimum Gasteiger partial charge on any atom is -0.396 e. The fraction of sp³-hybridized carbons (Fsp3) is 0.611. The normalized spacial score (nSPS) is 30.4. The van der Waals surface area contributed by atoms with Crippen LogP contribution in [0.15, 0.2) is 30.3 Å². The molecule has 4 heteroatoms. The molecule has 1 saturated heterocycles. The van der Waals surface area contributed by atoms with Crippen molar-refractivity contribution in [3.8, 4) is 0 Å². The van der Waals surface area contributed by atoms with Gasteiger partial charge < -0.3 is 15.3 Å². The molecule has 1 heterocycles. The van der Waals surface area contributed by atoms with E-state index < -0.39 is 0 Å². The zero-order valence-electron chi connectivity index (χ0n) is 13.3. The topological polar surface area (TPSA) is 52.6 Å². The maximum Gasteiger partial charge on any atom is 0.317 e. The maximum atomic E-state index is 12.4. The van der Waals surface area contributed by atoms with Crippen LogP contribution in [0.4, 0.5) is 4.79 Å². The third kappa shape index (κ3) is 3.12. The van der Waals surface area contributed by atoms with E-state index in [9.17, 15) is 4.79 Å². The van der Waals surface area contributed by atoms with Gasteiger partial charge in [-0.05, 0) is 42.6 Å². The van der Waals surface area contributed by atoms with E-state index in [2.05, 4.69) is 36.5 Å². The third-order valence-electron chi connectivity index (χ3n) is 5.30. The highest BCUT2D eigenvalue weighted by molar-refractivity contribution is 5.75. The SMILES string of the molecule is C[C@@]1(CNC(=O)N2CCCC2CCO)C[C@H]1c1ccccc1. The molecule has 4 nitrogen and oxygen atoms in total. The van der Waals surface area contributed by atoms with Gasteiger partial charge in [-0.2, -0.15) is 0 Å². The Hall–Kier alpha value is -1.55. The van der Waals surface area contributed by atoms with Gasteiger partial charge in [0.25, 0.3) is 0 Å². The first-order valence-corrected chi connectivity index (χ1v) is 8.34. The van der Waals surface area contributed by atoms with Crippen molar-refractivity contribution >= 4 is 6.03 Å². The molecule has 1 saturated carbocycles. The second-order valence-electron chi connectivity index (χ2n) is 6.98. The first-order chi connectivity index (χ1) is 10.6. The lowest BCUT2D eigenvalue weighted by atomic mass is 10.0. The molecule has 22 heavy (non-hydrogen) atoms. The Morgan fingerprint density at radius 2 is 2.18 bits per heavy atom. The van der Waals surface area contributed by atoms with Crippen molar-refractivity contribution in [3.05, 3.63) is 35.9 Å². The Labute approximate surface area is 132 Å². The first kappa shape index (κ1) is 15.3. The number of carbonyl (C=O) groups excluding carboxylic acids is 1. The third-order valence-corrected chi connectivity index (χ3v) is 5.30. The van der Waals surface area contributed by atoms with Gasteiger partial charge in [-0.3, -0.25) is 0 Å². The highest BCUT2D eigenvalue weighted by Gasteiger charge is 2.50. The summed E-state index contributed by atoms with van der Waals surface area (Å²) in [6.07, 6.45) is 3.88. The van der Waals surface area contributed by atoms with E-state index in [1.165, 1.54) is 5.56 Å². The molecule has 1 aromatic carbocycles. The summed E-state index contributed by atoms with van der Waals surface area (Å²) >= 11 is 0. The second kappa shape index (κ2) is 6.29. The molecule has 0 radical (unpaired) electrons. The molecule has 2 fully saturated rings. The van der Waals surface area contributed by atoms with E-state index in [1.54, 1.807) is 0 Å². The van der Waals surface area contributed by atoms with Gasteiger partial charge in [0.05, 0.1) is 0 Å². The Kier molecular flexibility index (Phi) is 4.39. The van der Waals surface area contributed by atoms with Crippen molar-refractivity contribution in [1.29, 1.82) is 0 Å². The summed E-state index contributed by atoms with van der Waals surface area (Å²) in [6.45, 7) is 3.95. The van der Waals surface area contributed by atoms with Crippen molar-refractivity contribution in [3.63, 3.8) is 0 Å². The summed E-state index contributed by atoms with van der Waals surface area (Å²) < 4.78 is 0. The molecule has 1 aliphatic carbocycles. The van der Waals surface area contributed by atoms with E-state index in [-0.39, 0.29) is 24.1 Å². The molecular formula is C18H26N2O2. The van der Waals surface area contributed by atoms with Crippen LogP contribution in [-0.4, -0.2) is 41.8 Å². The summed E-state index contributed by atoms with van der Waals surface area (Å²) in [6, 6.07) is 10.8. The molecule has 2 aliphatic rings. The quantitative estimate of drug-likeness (QED) is 0.878. The highest BCUT2D eigenvalue weighted by Crippen LogP contribution is 2.58. The Balaban J connectivity index is 1.52. The number of hydrogen-bond donors (Lipinski definition) is 2. The molecule has 1 aromatic rings. The number of aliphatic hydroxyl groups excluding tert-OH is 1. The largest absolute Gasteiger partial charge is 0.396 e. The molecule has 3 atom stereocenters. The van der Waals surface area contributed by atoms with E-state index in [0.717, 1.165) is 32.4 Å². The van der Waals surface area contributed by atoms with Gasteiger partial charge in [0.2, 0.25) is 0 Å². The molecule has 0 spiro atoms. The second-order valence-corrected chi connectivity index (χ2v) is 6.98. The van der Waals surface area contributed by atoms with Crippen molar-refractivity contribution in [2.45, 2.75) is 44.6 Å². The number of benzene rings is 1. The van der Waals surface area contributed by atoms with Crippen LogP contribution in [0.3, 0.4) is 0 Å². The molecule has 0 aromatic heterocycles. The fourth-order valence-electron chi connectivity index (χ4n) is 3.74. The molecule has 120 valence electrons. The molecule has 0 bridgehead atoms. The number of hydrogen-bond acceptors (Lipinski definition) is 2. The summed E-state index contributed by atoms with van der Waals surface area (Å²) in [5.41, 5.74) is 1.56. The van der Waals surface area contributed by atoms with Crippen LogP contribution >= 0.6 is 0 Å². The van der Waals surface area contributed by atoms with Gasteiger partial charge in [-0.25, -0.2) is 4.79 Å².